The van der Waals surface area contributed by atoms with E-state index < -0.39 is 0 Å². The highest BCUT2D eigenvalue weighted by molar-refractivity contribution is 9.10. The van der Waals surface area contributed by atoms with Gasteiger partial charge in [-0.15, -0.1) is 11.3 Å². The first-order chi connectivity index (χ1) is 6.24. The van der Waals surface area contributed by atoms with Crippen LogP contribution in [0.1, 0.15) is 11.8 Å². The van der Waals surface area contributed by atoms with Crippen LogP contribution in [0.4, 0.5) is 0 Å². The van der Waals surface area contributed by atoms with E-state index in [4.69, 9.17) is 0 Å². The minimum atomic E-state index is 0.361. The van der Waals surface area contributed by atoms with Crippen molar-refractivity contribution in [1.29, 1.82) is 0 Å². The Morgan fingerprint density at radius 1 is 1.46 bits per heavy atom. The summed E-state index contributed by atoms with van der Waals surface area (Å²) in [6.07, 6.45) is 0.999. The molecule has 3 heteroatoms. The second-order valence-electron chi connectivity index (χ2n) is 2.84. The Hall–Kier alpha value is -0.540. The summed E-state index contributed by atoms with van der Waals surface area (Å²) in [5, 5.41) is 10.6. The molecule has 13 heavy (non-hydrogen) atoms. The summed E-state index contributed by atoms with van der Waals surface area (Å²) >= 11 is 5.24. The molecule has 0 amide bonds. The normalized spacial score (nSPS) is 10.9. The van der Waals surface area contributed by atoms with Gasteiger partial charge in [0.2, 0.25) is 0 Å². The van der Waals surface area contributed by atoms with Crippen LogP contribution in [0.15, 0.2) is 22.7 Å². The van der Waals surface area contributed by atoms with E-state index in [0.717, 1.165) is 21.0 Å². The van der Waals surface area contributed by atoms with Crippen LogP contribution in [0.2, 0.25) is 0 Å². The maximum atomic E-state index is 9.64. The molecule has 0 bridgehead atoms. The van der Waals surface area contributed by atoms with Crippen molar-refractivity contribution in [3.8, 4) is 5.75 Å². The summed E-state index contributed by atoms with van der Waals surface area (Å²) in [6.45, 7) is 2.12. The minimum absolute atomic E-state index is 0.361. The van der Waals surface area contributed by atoms with Crippen molar-refractivity contribution in [1.82, 2.24) is 0 Å². The van der Waals surface area contributed by atoms with Crippen molar-refractivity contribution in [2.24, 2.45) is 0 Å². The van der Waals surface area contributed by atoms with E-state index in [1.54, 1.807) is 17.4 Å². The molecule has 1 heterocycles. The van der Waals surface area contributed by atoms with Gasteiger partial charge in [-0.05, 0) is 34.5 Å². The number of halogens is 1. The zero-order valence-corrected chi connectivity index (χ0v) is 9.58. The lowest BCUT2D eigenvalue weighted by molar-refractivity contribution is 0.481. The summed E-state index contributed by atoms with van der Waals surface area (Å²) in [4.78, 5) is 1.29. The number of phenolic OH excluding ortho intramolecular Hbond substituents is 1. The number of aromatic hydroxyl groups is 1. The second kappa shape index (κ2) is 3.31. The molecule has 1 nitrogen and oxygen atoms in total. The largest absolute Gasteiger partial charge is 0.507 e. The van der Waals surface area contributed by atoms with E-state index in [1.165, 1.54) is 4.88 Å². The van der Waals surface area contributed by atoms with Gasteiger partial charge in [0.25, 0.3) is 0 Å². The molecular weight excluding hydrogens is 248 g/mol. The molecule has 0 aliphatic carbocycles. The number of thiophene rings is 1. The Balaban J connectivity index is 2.85. The van der Waals surface area contributed by atoms with Crippen molar-refractivity contribution < 1.29 is 5.11 Å². The highest BCUT2D eigenvalue weighted by Crippen LogP contribution is 2.40. The van der Waals surface area contributed by atoms with E-state index >= 15 is 0 Å². The van der Waals surface area contributed by atoms with Gasteiger partial charge in [0.1, 0.15) is 5.75 Å². The summed E-state index contributed by atoms with van der Waals surface area (Å²) < 4.78 is 2.19. The molecule has 0 saturated heterocycles. The van der Waals surface area contributed by atoms with Crippen molar-refractivity contribution in [3.05, 3.63) is 27.5 Å². The van der Waals surface area contributed by atoms with Crippen LogP contribution in [0.5, 0.6) is 5.75 Å². The standard InChI is InChI=1S/C10H9BrOS/c1-2-7-10(11)9-6(12)4-3-5-8(9)13-7/h3-5,12H,2H2,1H3. The van der Waals surface area contributed by atoms with Gasteiger partial charge in [-0.1, -0.05) is 13.0 Å². The number of aryl methyl sites for hydroxylation is 1. The zero-order chi connectivity index (χ0) is 9.42. The Morgan fingerprint density at radius 3 is 2.85 bits per heavy atom. The summed E-state index contributed by atoms with van der Waals surface area (Å²) in [7, 11) is 0. The Bertz CT molecular complexity index is 447. The first-order valence-corrected chi connectivity index (χ1v) is 5.74. The fourth-order valence-corrected chi connectivity index (χ4v) is 3.50. The highest BCUT2D eigenvalue weighted by Gasteiger charge is 2.10. The number of rotatable bonds is 1. The van der Waals surface area contributed by atoms with Gasteiger partial charge in [0.05, 0.1) is 0 Å². The third kappa shape index (κ3) is 1.36. The van der Waals surface area contributed by atoms with E-state index in [-0.39, 0.29) is 0 Å². The van der Waals surface area contributed by atoms with Gasteiger partial charge in [0.15, 0.2) is 0 Å². The fourth-order valence-electron chi connectivity index (χ4n) is 1.37. The van der Waals surface area contributed by atoms with Crippen molar-refractivity contribution in [3.63, 3.8) is 0 Å². The van der Waals surface area contributed by atoms with E-state index in [0.29, 0.717) is 5.75 Å². The molecule has 0 aliphatic rings. The van der Waals surface area contributed by atoms with Crippen LogP contribution in [-0.2, 0) is 6.42 Å². The average Bonchev–Trinajstić information content (AvgIpc) is 2.44. The maximum absolute atomic E-state index is 9.64. The number of hydrogen-bond donors (Lipinski definition) is 1. The quantitative estimate of drug-likeness (QED) is 0.820. The van der Waals surface area contributed by atoms with Gasteiger partial charge >= 0.3 is 0 Å². The molecule has 1 aromatic heterocycles. The van der Waals surface area contributed by atoms with Crippen molar-refractivity contribution >= 4 is 37.4 Å². The van der Waals surface area contributed by atoms with E-state index in [2.05, 4.69) is 22.9 Å². The molecule has 0 aliphatic heterocycles. The van der Waals surface area contributed by atoms with E-state index in [9.17, 15) is 5.11 Å². The van der Waals surface area contributed by atoms with Gasteiger partial charge in [-0.2, -0.15) is 0 Å². The average molecular weight is 257 g/mol. The van der Waals surface area contributed by atoms with Crippen molar-refractivity contribution in [2.45, 2.75) is 13.3 Å². The molecule has 0 atom stereocenters. The molecule has 1 aromatic carbocycles. The minimum Gasteiger partial charge on any atom is -0.507 e. The molecule has 1 N–H and O–H groups in total. The van der Waals surface area contributed by atoms with Crippen LogP contribution < -0.4 is 0 Å². The van der Waals surface area contributed by atoms with Crippen LogP contribution in [0.25, 0.3) is 10.1 Å². The molecule has 0 fully saturated rings. The molecule has 0 spiro atoms. The van der Waals surface area contributed by atoms with Crippen LogP contribution >= 0.6 is 27.3 Å². The van der Waals surface area contributed by atoms with Crippen LogP contribution in [-0.4, -0.2) is 5.11 Å². The Labute approximate surface area is 89.1 Å². The van der Waals surface area contributed by atoms with E-state index in [1.807, 2.05) is 12.1 Å². The molecule has 0 radical (unpaired) electrons. The molecule has 0 unspecified atom stereocenters. The highest BCUT2D eigenvalue weighted by atomic mass is 79.9. The second-order valence-corrected chi connectivity index (χ2v) is 4.77. The lowest BCUT2D eigenvalue weighted by Crippen LogP contribution is -1.71. The van der Waals surface area contributed by atoms with Gasteiger partial charge in [-0.25, -0.2) is 0 Å². The molecule has 0 saturated carbocycles. The Morgan fingerprint density at radius 2 is 2.23 bits per heavy atom. The first kappa shape index (κ1) is 9.03. The third-order valence-electron chi connectivity index (χ3n) is 2.02. The zero-order valence-electron chi connectivity index (χ0n) is 7.17. The molecule has 2 rings (SSSR count). The predicted octanol–water partition coefficient (Wildman–Crippen LogP) is 3.93. The predicted molar refractivity (Wildman–Crippen MR) is 60.6 cm³/mol. The molecule has 2 aromatic rings. The summed E-state index contributed by atoms with van der Waals surface area (Å²) in [6, 6.07) is 5.63. The number of benzene rings is 1. The smallest absolute Gasteiger partial charge is 0.125 e. The molecular formula is C10H9BrOS. The SMILES string of the molecule is CCc1sc2cccc(O)c2c1Br. The fraction of sp³-hybridized carbons (Fsp3) is 0.200. The van der Waals surface area contributed by atoms with Crippen molar-refractivity contribution in [2.75, 3.05) is 0 Å². The topological polar surface area (TPSA) is 20.2 Å². The lowest BCUT2D eigenvalue weighted by atomic mass is 10.2. The molecule has 68 valence electrons. The van der Waals surface area contributed by atoms with Gasteiger partial charge in [0, 0.05) is 19.4 Å². The monoisotopic (exact) mass is 256 g/mol. The van der Waals surface area contributed by atoms with Gasteiger partial charge in [-0.3, -0.25) is 0 Å². The Kier molecular flexibility index (Phi) is 2.30. The third-order valence-corrected chi connectivity index (χ3v) is 4.46. The summed E-state index contributed by atoms with van der Waals surface area (Å²) in [5.74, 6) is 0.361. The number of hydrogen-bond acceptors (Lipinski definition) is 2. The van der Waals surface area contributed by atoms with Gasteiger partial charge < -0.3 is 5.11 Å². The lowest BCUT2D eigenvalue weighted by Gasteiger charge is -1.94. The number of phenols is 1. The van der Waals surface area contributed by atoms with Crippen LogP contribution in [0.3, 0.4) is 0 Å². The van der Waals surface area contributed by atoms with Crippen LogP contribution in [0, 0.1) is 0 Å². The number of fused-ring (bicyclic) bond motifs is 1. The maximum Gasteiger partial charge on any atom is 0.125 e. The summed E-state index contributed by atoms with van der Waals surface area (Å²) in [5.41, 5.74) is 0. The first-order valence-electron chi connectivity index (χ1n) is 4.13.